The van der Waals surface area contributed by atoms with Crippen LogP contribution in [0, 0.1) is 4.77 Å². The summed E-state index contributed by atoms with van der Waals surface area (Å²) in [6.45, 7) is 2.19. The van der Waals surface area contributed by atoms with Gasteiger partial charge in [-0.05, 0) is 37.6 Å². The van der Waals surface area contributed by atoms with Gasteiger partial charge in [-0.25, -0.2) is 0 Å². The Kier molecular flexibility index (Phi) is 4.99. The van der Waals surface area contributed by atoms with Crippen LogP contribution in [-0.4, -0.2) is 35.8 Å². The molecule has 1 N–H and O–H groups in total. The predicted molar refractivity (Wildman–Crippen MR) is 87.9 cm³/mol. The Labute approximate surface area is 128 Å². The highest BCUT2D eigenvalue weighted by atomic mass is 32.2. The molecule has 20 heavy (non-hydrogen) atoms. The van der Waals surface area contributed by atoms with Gasteiger partial charge in [0.1, 0.15) is 0 Å². The second-order valence-electron chi connectivity index (χ2n) is 4.65. The molecule has 0 bridgehead atoms. The molecule has 1 aromatic heterocycles. The van der Waals surface area contributed by atoms with E-state index in [1.165, 1.54) is 0 Å². The van der Waals surface area contributed by atoms with E-state index in [-0.39, 0.29) is 0 Å². The molecule has 0 saturated carbocycles. The van der Waals surface area contributed by atoms with Crippen LogP contribution in [0.25, 0.3) is 11.0 Å². The summed E-state index contributed by atoms with van der Waals surface area (Å²) < 4.78 is 13.6. The molecule has 1 unspecified atom stereocenters. The number of rotatable bonds is 6. The van der Waals surface area contributed by atoms with Crippen molar-refractivity contribution in [2.24, 2.45) is 0 Å². The van der Waals surface area contributed by atoms with Gasteiger partial charge in [-0.1, -0.05) is 0 Å². The Morgan fingerprint density at radius 1 is 1.30 bits per heavy atom. The first kappa shape index (κ1) is 15.3. The second kappa shape index (κ2) is 6.54. The number of aromatic nitrogens is 2. The zero-order chi connectivity index (χ0) is 14.7. The number of ether oxygens (including phenoxy) is 2. The van der Waals surface area contributed by atoms with Gasteiger partial charge in [0.15, 0.2) is 16.3 Å². The van der Waals surface area contributed by atoms with Crippen LogP contribution in [-0.2, 0) is 0 Å². The zero-order valence-corrected chi connectivity index (χ0v) is 13.9. The van der Waals surface area contributed by atoms with E-state index >= 15 is 0 Å². The minimum absolute atomic E-state index is 0.349. The summed E-state index contributed by atoms with van der Waals surface area (Å²) >= 11 is 7.31. The monoisotopic (exact) mass is 312 g/mol. The van der Waals surface area contributed by atoms with E-state index in [2.05, 4.69) is 22.7 Å². The van der Waals surface area contributed by atoms with Crippen molar-refractivity contribution in [3.8, 4) is 11.5 Å². The van der Waals surface area contributed by atoms with E-state index in [0.29, 0.717) is 11.8 Å². The summed E-state index contributed by atoms with van der Waals surface area (Å²) in [6.07, 6.45) is 3.20. The quantitative estimate of drug-likeness (QED) is 0.817. The normalized spacial score (nSPS) is 12.6. The molecule has 0 radical (unpaired) electrons. The van der Waals surface area contributed by atoms with Gasteiger partial charge in [0.05, 0.1) is 25.3 Å². The Morgan fingerprint density at radius 3 is 2.55 bits per heavy atom. The van der Waals surface area contributed by atoms with E-state index in [0.717, 1.165) is 33.7 Å². The van der Waals surface area contributed by atoms with Crippen molar-refractivity contribution in [3.63, 3.8) is 0 Å². The standard InChI is InChI=1S/C14H20N2O2S2/c1-9(5-6-20-4)16-11-8-13(18-3)12(17-2)7-10(11)15-14(16)19/h7-9H,5-6H2,1-4H3,(H,15,19). The molecule has 1 heterocycles. The Morgan fingerprint density at radius 2 is 1.95 bits per heavy atom. The lowest BCUT2D eigenvalue weighted by molar-refractivity contribution is 0.355. The lowest BCUT2D eigenvalue weighted by Gasteiger charge is -2.15. The van der Waals surface area contributed by atoms with Crippen LogP contribution in [0.15, 0.2) is 12.1 Å². The molecule has 0 amide bonds. The molecule has 0 spiro atoms. The summed E-state index contributed by atoms with van der Waals surface area (Å²) in [5.41, 5.74) is 2.03. The fourth-order valence-corrected chi connectivity index (χ4v) is 3.27. The average Bonchev–Trinajstić information content (AvgIpc) is 2.77. The number of thioether (sulfide) groups is 1. The van der Waals surface area contributed by atoms with Gasteiger partial charge in [0, 0.05) is 18.2 Å². The molecule has 110 valence electrons. The smallest absolute Gasteiger partial charge is 0.178 e. The Balaban J connectivity index is 2.54. The minimum atomic E-state index is 0.349. The number of imidazole rings is 1. The van der Waals surface area contributed by atoms with Crippen molar-refractivity contribution in [2.45, 2.75) is 19.4 Å². The van der Waals surface area contributed by atoms with E-state index in [9.17, 15) is 0 Å². The molecule has 1 aromatic carbocycles. The van der Waals surface area contributed by atoms with Gasteiger partial charge < -0.3 is 19.0 Å². The SMILES string of the molecule is COc1cc2[nH]c(=S)n(C(C)CCSC)c2cc1OC. The number of hydrogen-bond donors (Lipinski definition) is 1. The molecule has 0 aliphatic rings. The van der Waals surface area contributed by atoms with E-state index in [4.69, 9.17) is 21.7 Å². The molecule has 1 atom stereocenters. The maximum Gasteiger partial charge on any atom is 0.178 e. The predicted octanol–water partition coefficient (Wildman–Crippen LogP) is 4.03. The van der Waals surface area contributed by atoms with Crippen LogP contribution in [0.1, 0.15) is 19.4 Å². The van der Waals surface area contributed by atoms with Gasteiger partial charge in [0.2, 0.25) is 0 Å². The Bertz CT molecular complexity index is 648. The van der Waals surface area contributed by atoms with E-state index in [1.807, 2.05) is 23.9 Å². The molecule has 2 rings (SSSR count). The fraction of sp³-hybridized carbons (Fsp3) is 0.500. The average molecular weight is 312 g/mol. The molecule has 2 aromatic rings. The molecule has 0 aliphatic heterocycles. The van der Waals surface area contributed by atoms with Crippen LogP contribution < -0.4 is 9.47 Å². The summed E-state index contributed by atoms with van der Waals surface area (Å²) in [6, 6.07) is 4.26. The van der Waals surface area contributed by atoms with Crippen LogP contribution in [0.4, 0.5) is 0 Å². The highest BCUT2D eigenvalue weighted by Gasteiger charge is 2.14. The van der Waals surface area contributed by atoms with Crippen LogP contribution in [0.5, 0.6) is 11.5 Å². The molecule has 0 fully saturated rings. The highest BCUT2D eigenvalue weighted by Crippen LogP contribution is 2.33. The van der Waals surface area contributed by atoms with Gasteiger partial charge in [-0.15, -0.1) is 0 Å². The third kappa shape index (κ3) is 2.81. The molecular formula is C14H20N2O2S2. The van der Waals surface area contributed by atoms with E-state index < -0.39 is 0 Å². The maximum atomic E-state index is 5.46. The van der Waals surface area contributed by atoms with Crippen molar-refractivity contribution >= 4 is 35.0 Å². The molecular weight excluding hydrogens is 292 g/mol. The second-order valence-corrected chi connectivity index (χ2v) is 6.03. The molecule has 4 nitrogen and oxygen atoms in total. The summed E-state index contributed by atoms with van der Waals surface area (Å²) in [7, 11) is 3.28. The first-order valence-corrected chi connectivity index (χ1v) is 8.27. The number of nitrogens with one attached hydrogen (secondary N) is 1. The highest BCUT2D eigenvalue weighted by molar-refractivity contribution is 7.98. The number of H-pyrrole nitrogens is 1. The van der Waals surface area contributed by atoms with Crippen molar-refractivity contribution in [1.82, 2.24) is 9.55 Å². The molecule has 0 aliphatic carbocycles. The topological polar surface area (TPSA) is 39.2 Å². The third-order valence-electron chi connectivity index (χ3n) is 3.40. The van der Waals surface area contributed by atoms with Crippen LogP contribution >= 0.6 is 24.0 Å². The number of aromatic amines is 1. The summed E-state index contributed by atoms with van der Waals surface area (Å²) in [5.74, 6) is 2.54. The first-order valence-electron chi connectivity index (χ1n) is 6.47. The number of methoxy groups -OCH3 is 2. The first-order chi connectivity index (χ1) is 9.62. The molecule has 0 saturated heterocycles. The summed E-state index contributed by atoms with van der Waals surface area (Å²) in [5, 5.41) is 0. The number of fused-ring (bicyclic) bond motifs is 1. The number of benzene rings is 1. The van der Waals surface area contributed by atoms with Crippen molar-refractivity contribution in [2.75, 3.05) is 26.2 Å². The zero-order valence-electron chi connectivity index (χ0n) is 12.2. The van der Waals surface area contributed by atoms with Crippen LogP contribution in [0.3, 0.4) is 0 Å². The third-order valence-corrected chi connectivity index (χ3v) is 4.35. The van der Waals surface area contributed by atoms with Gasteiger partial charge >= 0.3 is 0 Å². The lowest BCUT2D eigenvalue weighted by atomic mass is 10.2. The van der Waals surface area contributed by atoms with Gasteiger partial charge in [0.25, 0.3) is 0 Å². The lowest BCUT2D eigenvalue weighted by Crippen LogP contribution is -2.06. The number of hydrogen-bond acceptors (Lipinski definition) is 4. The largest absolute Gasteiger partial charge is 0.493 e. The minimum Gasteiger partial charge on any atom is -0.493 e. The van der Waals surface area contributed by atoms with Crippen molar-refractivity contribution < 1.29 is 9.47 Å². The van der Waals surface area contributed by atoms with Crippen molar-refractivity contribution in [1.29, 1.82) is 0 Å². The van der Waals surface area contributed by atoms with Crippen LogP contribution in [0.2, 0.25) is 0 Å². The van der Waals surface area contributed by atoms with Crippen molar-refractivity contribution in [3.05, 3.63) is 16.9 Å². The number of nitrogens with zero attached hydrogens (tertiary/aromatic N) is 1. The maximum absolute atomic E-state index is 5.46. The summed E-state index contributed by atoms with van der Waals surface area (Å²) in [4.78, 5) is 3.25. The van der Waals surface area contributed by atoms with E-state index in [1.54, 1.807) is 14.2 Å². The molecule has 6 heteroatoms. The fourth-order valence-electron chi connectivity index (χ4n) is 2.31. The Hall–Kier alpha value is -1.14. The van der Waals surface area contributed by atoms with Gasteiger partial charge in [-0.2, -0.15) is 11.8 Å². The van der Waals surface area contributed by atoms with Gasteiger partial charge in [-0.3, -0.25) is 0 Å².